The highest BCUT2D eigenvalue weighted by Gasteiger charge is 2.12. The van der Waals surface area contributed by atoms with Crippen LogP contribution in [0, 0.1) is 6.92 Å². The second-order valence-corrected chi connectivity index (χ2v) is 5.66. The Hall–Kier alpha value is -2.62. The maximum atomic E-state index is 8.58. The summed E-state index contributed by atoms with van der Waals surface area (Å²) in [6.45, 7) is 2.09. The Morgan fingerprint density at radius 2 is 1.74 bits per heavy atom. The van der Waals surface area contributed by atoms with E-state index < -0.39 is 0 Å². The van der Waals surface area contributed by atoms with Gasteiger partial charge in [-0.1, -0.05) is 35.9 Å². The highest BCUT2D eigenvalue weighted by Crippen LogP contribution is 2.24. The van der Waals surface area contributed by atoms with Gasteiger partial charge in [0.05, 0.1) is 11.4 Å². The van der Waals surface area contributed by atoms with Crippen LogP contribution >= 0.6 is 0 Å². The summed E-state index contributed by atoms with van der Waals surface area (Å²) in [6.07, 6.45) is 9.05. The number of nitrogens with zero attached hydrogens (tertiary/aromatic N) is 1. The number of nitrogens with two attached hydrogens (primary N) is 2. The van der Waals surface area contributed by atoms with Gasteiger partial charge in [0.2, 0.25) is 6.41 Å². The summed E-state index contributed by atoms with van der Waals surface area (Å²) in [7, 11) is 0. The Morgan fingerprint density at radius 3 is 2.43 bits per heavy atom. The molecule has 0 saturated heterocycles. The van der Waals surface area contributed by atoms with Crippen LogP contribution in [0.25, 0.3) is 12.2 Å². The zero-order chi connectivity index (χ0) is 16.7. The number of amides is 1. The first-order valence-corrected chi connectivity index (χ1v) is 7.82. The van der Waals surface area contributed by atoms with Crippen molar-refractivity contribution in [1.29, 1.82) is 0 Å². The van der Waals surface area contributed by atoms with Crippen molar-refractivity contribution in [3.8, 4) is 0 Å². The van der Waals surface area contributed by atoms with E-state index in [-0.39, 0.29) is 6.41 Å². The molecule has 3 rings (SSSR count). The van der Waals surface area contributed by atoms with E-state index in [2.05, 4.69) is 49.1 Å². The number of aromatic nitrogens is 1. The van der Waals surface area contributed by atoms with E-state index in [0.717, 1.165) is 24.2 Å². The van der Waals surface area contributed by atoms with Crippen LogP contribution < -0.4 is 11.5 Å². The molecule has 1 aromatic heterocycles. The molecule has 0 saturated carbocycles. The number of carbonyl (C=O) groups is 1. The van der Waals surface area contributed by atoms with Gasteiger partial charge < -0.3 is 11.5 Å². The molecule has 0 atom stereocenters. The fourth-order valence-electron chi connectivity index (χ4n) is 2.65. The third kappa shape index (κ3) is 4.68. The Kier molecular flexibility index (Phi) is 5.92. The minimum absolute atomic E-state index is 0.250. The number of nitrogen functional groups attached to an aromatic ring is 1. The van der Waals surface area contributed by atoms with Gasteiger partial charge in [-0.05, 0) is 55.9 Å². The highest BCUT2D eigenvalue weighted by atomic mass is 16.1. The summed E-state index contributed by atoms with van der Waals surface area (Å²) < 4.78 is 0. The predicted octanol–water partition coefficient (Wildman–Crippen LogP) is 3.12. The van der Waals surface area contributed by atoms with Gasteiger partial charge >= 0.3 is 0 Å². The lowest BCUT2D eigenvalue weighted by molar-refractivity contribution is -0.106. The number of carbonyl (C=O) groups excluding carboxylic acids is 1. The van der Waals surface area contributed by atoms with Crippen molar-refractivity contribution in [2.75, 3.05) is 5.73 Å². The average Bonchev–Trinajstić information content (AvgIpc) is 2.55. The second kappa shape index (κ2) is 8.13. The van der Waals surface area contributed by atoms with Crippen LogP contribution in [-0.4, -0.2) is 11.4 Å². The van der Waals surface area contributed by atoms with Gasteiger partial charge in [-0.15, -0.1) is 0 Å². The number of hydrogen-bond donors (Lipinski definition) is 2. The van der Waals surface area contributed by atoms with Crippen molar-refractivity contribution < 1.29 is 4.79 Å². The van der Waals surface area contributed by atoms with E-state index in [1.807, 2.05) is 6.08 Å². The van der Waals surface area contributed by atoms with Gasteiger partial charge in [0.25, 0.3) is 0 Å². The number of primary amides is 1. The van der Waals surface area contributed by atoms with E-state index in [0.29, 0.717) is 0 Å². The lowest BCUT2D eigenvalue weighted by Crippen LogP contribution is -2.08. The molecule has 1 aromatic carbocycles. The molecule has 0 radical (unpaired) electrons. The van der Waals surface area contributed by atoms with Crippen molar-refractivity contribution in [2.45, 2.75) is 32.6 Å². The summed E-state index contributed by atoms with van der Waals surface area (Å²) in [4.78, 5) is 13.3. The zero-order valence-electron chi connectivity index (χ0n) is 13.5. The first kappa shape index (κ1) is 16.7. The summed E-state index contributed by atoms with van der Waals surface area (Å²) in [5, 5.41) is 0. The molecule has 2 aromatic rings. The quantitative estimate of drug-likeness (QED) is 0.836. The van der Waals surface area contributed by atoms with Gasteiger partial charge in [-0.25, -0.2) is 0 Å². The molecule has 4 nitrogen and oxygen atoms in total. The highest BCUT2D eigenvalue weighted by molar-refractivity contribution is 5.74. The number of anilines is 1. The largest absolute Gasteiger partial charge is 0.397 e. The molecular formula is C19H23N3O. The molecule has 0 bridgehead atoms. The Balaban J connectivity index is 0.000000595. The number of aryl methyl sites for hydroxylation is 3. The normalized spacial score (nSPS) is 13.1. The fourth-order valence-corrected chi connectivity index (χ4v) is 2.65. The van der Waals surface area contributed by atoms with Crippen LogP contribution in [0.15, 0.2) is 30.3 Å². The standard InChI is InChI=1S/C18H20N2.CH3NO/c1-13-6-8-14(9-7-13)10-11-18-16(19)12-15-4-2-3-5-17(15)20-18;2-1-3/h6-12H,2-5,19H2,1H3;1H,(H2,2,3)/b11-10+;. The van der Waals surface area contributed by atoms with Gasteiger partial charge in [-0.2, -0.15) is 0 Å². The maximum absolute atomic E-state index is 8.58. The van der Waals surface area contributed by atoms with Crippen molar-refractivity contribution in [3.63, 3.8) is 0 Å². The van der Waals surface area contributed by atoms with Crippen LogP contribution in [0.4, 0.5) is 5.69 Å². The van der Waals surface area contributed by atoms with Crippen LogP contribution in [0.2, 0.25) is 0 Å². The van der Waals surface area contributed by atoms with Crippen molar-refractivity contribution in [3.05, 3.63) is 58.4 Å². The predicted molar refractivity (Wildman–Crippen MR) is 95.6 cm³/mol. The number of hydrogen-bond acceptors (Lipinski definition) is 3. The van der Waals surface area contributed by atoms with Crippen molar-refractivity contribution in [1.82, 2.24) is 4.98 Å². The van der Waals surface area contributed by atoms with Crippen LogP contribution in [0.3, 0.4) is 0 Å². The average molecular weight is 309 g/mol. The molecular weight excluding hydrogens is 286 g/mol. The van der Waals surface area contributed by atoms with Crippen LogP contribution in [0.5, 0.6) is 0 Å². The number of pyridine rings is 1. The fraction of sp³-hybridized carbons (Fsp3) is 0.263. The van der Waals surface area contributed by atoms with Gasteiger partial charge in [0, 0.05) is 5.69 Å². The van der Waals surface area contributed by atoms with E-state index in [1.54, 1.807) is 0 Å². The van der Waals surface area contributed by atoms with E-state index in [9.17, 15) is 0 Å². The van der Waals surface area contributed by atoms with Gasteiger partial charge in [-0.3, -0.25) is 9.78 Å². The van der Waals surface area contributed by atoms with E-state index >= 15 is 0 Å². The zero-order valence-corrected chi connectivity index (χ0v) is 13.5. The molecule has 1 aliphatic carbocycles. The first-order valence-electron chi connectivity index (χ1n) is 7.82. The molecule has 0 spiro atoms. The summed E-state index contributed by atoms with van der Waals surface area (Å²) >= 11 is 0. The molecule has 4 N–H and O–H groups in total. The first-order chi connectivity index (χ1) is 11.1. The monoisotopic (exact) mass is 309 g/mol. The third-order valence-electron chi connectivity index (χ3n) is 3.87. The molecule has 1 heterocycles. The molecule has 1 amide bonds. The van der Waals surface area contributed by atoms with Crippen molar-refractivity contribution >= 4 is 24.2 Å². The topological polar surface area (TPSA) is 82.0 Å². The molecule has 0 unspecified atom stereocenters. The molecule has 23 heavy (non-hydrogen) atoms. The third-order valence-corrected chi connectivity index (χ3v) is 3.87. The number of benzene rings is 1. The summed E-state index contributed by atoms with van der Waals surface area (Å²) in [5.41, 5.74) is 17.0. The SMILES string of the molecule is Cc1ccc(/C=C/c2nc3c(cc2N)CCCC3)cc1.NC=O. The summed E-state index contributed by atoms with van der Waals surface area (Å²) in [5.74, 6) is 0. The van der Waals surface area contributed by atoms with Crippen LogP contribution in [0.1, 0.15) is 40.9 Å². The maximum Gasteiger partial charge on any atom is 0.204 e. The lowest BCUT2D eigenvalue weighted by atomic mass is 9.95. The van der Waals surface area contributed by atoms with Crippen molar-refractivity contribution in [2.24, 2.45) is 5.73 Å². The molecule has 0 aliphatic heterocycles. The van der Waals surface area contributed by atoms with E-state index in [4.69, 9.17) is 15.5 Å². The lowest BCUT2D eigenvalue weighted by Gasteiger charge is -2.16. The molecule has 0 fully saturated rings. The Morgan fingerprint density at radius 1 is 1.09 bits per heavy atom. The molecule has 120 valence electrons. The number of fused-ring (bicyclic) bond motifs is 1. The van der Waals surface area contributed by atoms with Gasteiger partial charge in [0.1, 0.15) is 0 Å². The molecule has 4 heteroatoms. The van der Waals surface area contributed by atoms with Crippen LogP contribution in [-0.2, 0) is 17.6 Å². The minimum atomic E-state index is 0.250. The van der Waals surface area contributed by atoms with E-state index in [1.165, 1.54) is 35.2 Å². The number of rotatable bonds is 2. The minimum Gasteiger partial charge on any atom is -0.397 e. The van der Waals surface area contributed by atoms with Gasteiger partial charge in [0.15, 0.2) is 0 Å². The Bertz CT molecular complexity index is 691. The summed E-state index contributed by atoms with van der Waals surface area (Å²) in [6, 6.07) is 10.6. The molecule has 1 aliphatic rings. The Labute approximate surface area is 137 Å². The second-order valence-electron chi connectivity index (χ2n) is 5.66. The smallest absolute Gasteiger partial charge is 0.204 e.